The smallest absolute Gasteiger partial charge is 0.214 e. The molecule has 1 rings (SSSR count). The third kappa shape index (κ3) is 6.08. The molecule has 20 heavy (non-hydrogen) atoms. The van der Waals surface area contributed by atoms with Crippen molar-refractivity contribution in [3.05, 3.63) is 0 Å². The predicted molar refractivity (Wildman–Crippen MR) is 84.5 cm³/mol. The van der Waals surface area contributed by atoms with Crippen LogP contribution in [0.25, 0.3) is 0 Å². The number of piperidine rings is 1. The van der Waals surface area contributed by atoms with E-state index in [2.05, 4.69) is 31.2 Å². The molecular weight excluding hydrogens is 274 g/mol. The average Bonchev–Trinajstić information content (AvgIpc) is 2.43. The summed E-state index contributed by atoms with van der Waals surface area (Å²) in [5, 5.41) is 3.31. The topological polar surface area (TPSA) is 52.7 Å². The molecule has 5 nitrogen and oxygen atoms in total. The maximum atomic E-state index is 12.2. The SMILES string of the molecule is CCCNCCCCS(=O)(=O)N1CCC(N(C)C)CC1. The quantitative estimate of drug-likeness (QED) is 0.649. The molecule has 0 bridgehead atoms. The van der Waals surface area contributed by atoms with Crippen LogP contribution in [0.1, 0.15) is 39.0 Å². The van der Waals surface area contributed by atoms with E-state index in [1.54, 1.807) is 4.31 Å². The lowest BCUT2D eigenvalue weighted by molar-refractivity contribution is 0.196. The molecule has 6 heteroatoms. The number of sulfonamides is 1. The first-order valence-corrected chi connectivity index (χ1v) is 9.43. The first-order chi connectivity index (χ1) is 9.47. The van der Waals surface area contributed by atoms with Gasteiger partial charge in [0.1, 0.15) is 0 Å². The fourth-order valence-electron chi connectivity index (χ4n) is 2.60. The van der Waals surface area contributed by atoms with Gasteiger partial charge in [0, 0.05) is 19.1 Å². The lowest BCUT2D eigenvalue weighted by Crippen LogP contribution is -2.45. The van der Waals surface area contributed by atoms with Crippen LogP contribution < -0.4 is 5.32 Å². The Morgan fingerprint density at radius 1 is 1.15 bits per heavy atom. The second-order valence-electron chi connectivity index (χ2n) is 5.87. The Morgan fingerprint density at radius 2 is 1.80 bits per heavy atom. The van der Waals surface area contributed by atoms with Crippen molar-refractivity contribution >= 4 is 10.0 Å². The van der Waals surface area contributed by atoms with Crippen LogP contribution in [0.5, 0.6) is 0 Å². The second-order valence-corrected chi connectivity index (χ2v) is 7.96. The lowest BCUT2D eigenvalue weighted by Gasteiger charge is -2.34. The van der Waals surface area contributed by atoms with Crippen LogP contribution >= 0.6 is 0 Å². The van der Waals surface area contributed by atoms with Gasteiger partial charge in [-0.3, -0.25) is 0 Å². The molecule has 0 atom stereocenters. The van der Waals surface area contributed by atoms with Gasteiger partial charge in [0.15, 0.2) is 0 Å². The molecule has 0 aromatic heterocycles. The molecular formula is C14H31N3O2S. The standard InChI is InChI=1S/C14H31N3O2S/c1-4-9-15-10-5-6-13-20(18,19)17-11-7-14(8-12-17)16(2)3/h14-15H,4-13H2,1-3H3. The summed E-state index contributed by atoms with van der Waals surface area (Å²) >= 11 is 0. The minimum Gasteiger partial charge on any atom is -0.317 e. The van der Waals surface area contributed by atoms with Crippen LogP contribution in [-0.2, 0) is 10.0 Å². The molecule has 1 saturated heterocycles. The van der Waals surface area contributed by atoms with Crippen LogP contribution in [0.3, 0.4) is 0 Å². The molecule has 0 unspecified atom stereocenters. The highest BCUT2D eigenvalue weighted by molar-refractivity contribution is 7.89. The summed E-state index contributed by atoms with van der Waals surface area (Å²) in [5.41, 5.74) is 0. The summed E-state index contributed by atoms with van der Waals surface area (Å²) < 4.78 is 26.2. The zero-order valence-corrected chi connectivity index (χ0v) is 14.1. The van der Waals surface area contributed by atoms with E-state index in [1.807, 2.05) is 0 Å². The molecule has 0 radical (unpaired) electrons. The van der Waals surface area contributed by atoms with Crippen molar-refractivity contribution in [2.24, 2.45) is 0 Å². The fourth-order valence-corrected chi connectivity index (χ4v) is 4.20. The molecule has 1 heterocycles. The molecule has 0 aromatic rings. The van der Waals surface area contributed by atoms with Crippen LogP contribution in [0, 0.1) is 0 Å². The Morgan fingerprint density at radius 3 is 2.35 bits per heavy atom. The Balaban J connectivity index is 2.24. The van der Waals surface area contributed by atoms with Crippen molar-refractivity contribution in [2.45, 2.75) is 45.1 Å². The number of nitrogens with zero attached hydrogens (tertiary/aromatic N) is 2. The summed E-state index contributed by atoms with van der Waals surface area (Å²) in [6.07, 6.45) is 4.72. The predicted octanol–water partition coefficient (Wildman–Crippen LogP) is 1.12. The fraction of sp³-hybridized carbons (Fsp3) is 1.00. The second kappa shape index (κ2) is 8.97. The maximum Gasteiger partial charge on any atom is 0.214 e. The Bertz CT molecular complexity index is 349. The lowest BCUT2D eigenvalue weighted by atomic mass is 10.1. The van der Waals surface area contributed by atoms with Gasteiger partial charge in [0.25, 0.3) is 0 Å². The minimum absolute atomic E-state index is 0.299. The molecule has 0 aromatic carbocycles. The van der Waals surface area contributed by atoms with Crippen molar-refractivity contribution < 1.29 is 8.42 Å². The third-order valence-electron chi connectivity index (χ3n) is 3.98. The van der Waals surface area contributed by atoms with Crippen molar-refractivity contribution in [1.29, 1.82) is 0 Å². The molecule has 120 valence electrons. The van der Waals surface area contributed by atoms with E-state index in [4.69, 9.17) is 0 Å². The molecule has 0 saturated carbocycles. The normalized spacial score (nSPS) is 18.8. The van der Waals surface area contributed by atoms with E-state index >= 15 is 0 Å². The molecule has 1 fully saturated rings. The zero-order chi connectivity index (χ0) is 15.0. The number of hydrogen-bond acceptors (Lipinski definition) is 4. The highest BCUT2D eigenvalue weighted by atomic mass is 32.2. The zero-order valence-electron chi connectivity index (χ0n) is 13.3. The molecule has 1 aliphatic rings. The van der Waals surface area contributed by atoms with Gasteiger partial charge in [-0.25, -0.2) is 12.7 Å². The van der Waals surface area contributed by atoms with Gasteiger partial charge >= 0.3 is 0 Å². The summed E-state index contributed by atoms with van der Waals surface area (Å²) in [4.78, 5) is 2.20. The summed E-state index contributed by atoms with van der Waals surface area (Å²) in [5.74, 6) is 0.299. The monoisotopic (exact) mass is 305 g/mol. The Kier molecular flexibility index (Phi) is 8.02. The number of unbranched alkanes of at least 4 members (excludes halogenated alkanes) is 1. The van der Waals surface area contributed by atoms with Gasteiger partial charge in [-0.1, -0.05) is 6.92 Å². The highest BCUT2D eigenvalue weighted by Crippen LogP contribution is 2.17. The van der Waals surface area contributed by atoms with Crippen LogP contribution in [-0.4, -0.2) is 69.7 Å². The Labute approximate surface area is 124 Å². The molecule has 0 amide bonds. The molecule has 0 aliphatic carbocycles. The van der Waals surface area contributed by atoms with Crippen molar-refractivity contribution in [2.75, 3.05) is 46.0 Å². The van der Waals surface area contributed by atoms with Gasteiger partial charge in [0.2, 0.25) is 10.0 Å². The first kappa shape index (κ1) is 17.9. The number of rotatable bonds is 9. The van der Waals surface area contributed by atoms with Gasteiger partial charge in [-0.05, 0) is 59.3 Å². The van der Waals surface area contributed by atoms with E-state index in [0.29, 0.717) is 24.9 Å². The van der Waals surface area contributed by atoms with Gasteiger partial charge in [-0.15, -0.1) is 0 Å². The van der Waals surface area contributed by atoms with Crippen LogP contribution in [0.2, 0.25) is 0 Å². The summed E-state index contributed by atoms with van der Waals surface area (Å²) in [6.45, 7) is 5.43. The van der Waals surface area contributed by atoms with Crippen molar-refractivity contribution in [3.63, 3.8) is 0 Å². The average molecular weight is 305 g/mol. The molecule has 0 spiro atoms. The van der Waals surface area contributed by atoms with Gasteiger partial charge in [0.05, 0.1) is 5.75 Å². The third-order valence-corrected chi connectivity index (χ3v) is 5.94. The summed E-state index contributed by atoms with van der Waals surface area (Å²) in [6, 6.07) is 0.527. The first-order valence-electron chi connectivity index (χ1n) is 7.82. The van der Waals surface area contributed by atoms with Crippen LogP contribution in [0.4, 0.5) is 0 Å². The molecule has 1 N–H and O–H groups in total. The van der Waals surface area contributed by atoms with Crippen LogP contribution in [0.15, 0.2) is 0 Å². The molecule has 1 aliphatic heterocycles. The van der Waals surface area contributed by atoms with E-state index in [0.717, 1.165) is 45.2 Å². The van der Waals surface area contributed by atoms with E-state index in [9.17, 15) is 8.42 Å². The summed E-state index contributed by atoms with van der Waals surface area (Å²) in [7, 11) is 1.10. The van der Waals surface area contributed by atoms with E-state index in [-0.39, 0.29) is 0 Å². The van der Waals surface area contributed by atoms with Crippen molar-refractivity contribution in [3.8, 4) is 0 Å². The van der Waals surface area contributed by atoms with Crippen molar-refractivity contribution in [1.82, 2.24) is 14.5 Å². The maximum absolute atomic E-state index is 12.2. The highest BCUT2D eigenvalue weighted by Gasteiger charge is 2.28. The number of nitrogens with one attached hydrogen (secondary N) is 1. The largest absolute Gasteiger partial charge is 0.317 e. The van der Waals surface area contributed by atoms with E-state index < -0.39 is 10.0 Å². The number of hydrogen-bond donors (Lipinski definition) is 1. The van der Waals surface area contributed by atoms with Gasteiger partial charge < -0.3 is 10.2 Å². The van der Waals surface area contributed by atoms with Gasteiger partial charge in [-0.2, -0.15) is 0 Å². The van der Waals surface area contributed by atoms with E-state index in [1.165, 1.54) is 0 Å². The minimum atomic E-state index is -3.04. The Hall–Kier alpha value is -0.170.